The summed E-state index contributed by atoms with van der Waals surface area (Å²) in [7, 11) is 1.88. The molecule has 0 unspecified atom stereocenters. The predicted octanol–water partition coefficient (Wildman–Crippen LogP) is 2.74. The molecule has 0 aliphatic rings. The van der Waals surface area contributed by atoms with Crippen LogP contribution in [0.2, 0.25) is 0 Å². The monoisotopic (exact) mass is 259 g/mol. The number of aryl methyl sites for hydroxylation is 2. The number of rotatable bonds is 6. The van der Waals surface area contributed by atoms with Gasteiger partial charge in [0.1, 0.15) is 11.5 Å². The van der Waals surface area contributed by atoms with Crippen LogP contribution < -0.4 is 5.32 Å². The molecule has 2 aromatic heterocycles. The summed E-state index contributed by atoms with van der Waals surface area (Å²) in [6.07, 6.45) is 4.89. The third kappa shape index (κ3) is 3.10. The molecule has 0 bridgehead atoms. The molecule has 19 heavy (non-hydrogen) atoms. The van der Waals surface area contributed by atoms with Crippen molar-refractivity contribution in [2.24, 2.45) is 0 Å². The average molecular weight is 259 g/mol. The topological polar surface area (TPSA) is 55.6 Å². The van der Waals surface area contributed by atoms with Gasteiger partial charge in [-0.2, -0.15) is 5.10 Å². The molecule has 0 aliphatic carbocycles. The van der Waals surface area contributed by atoms with Gasteiger partial charge in [-0.3, -0.25) is 4.68 Å². The van der Waals surface area contributed by atoms with Gasteiger partial charge in [0.05, 0.1) is 0 Å². The zero-order valence-corrected chi connectivity index (χ0v) is 11.8. The highest BCUT2D eigenvalue weighted by atomic mass is 15.3. The second-order valence-electron chi connectivity index (χ2n) is 4.51. The molecule has 5 nitrogen and oxygen atoms in total. The lowest BCUT2D eigenvalue weighted by Crippen LogP contribution is -2.06. The fourth-order valence-electron chi connectivity index (χ4n) is 2.04. The van der Waals surface area contributed by atoms with Gasteiger partial charge in [0.15, 0.2) is 5.82 Å². The zero-order chi connectivity index (χ0) is 13.7. The number of anilines is 1. The molecule has 0 spiro atoms. The molecule has 2 rings (SSSR count). The first-order chi connectivity index (χ1) is 9.28. The summed E-state index contributed by atoms with van der Waals surface area (Å²) < 4.78 is 1.96. The van der Waals surface area contributed by atoms with Gasteiger partial charge in [-0.1, -0.05) is 20.3 Å². The van der Waals surface area contributed by atoms with E-state index in [1.54, 1.807) is 6.20 Å². The summed E-state index contributed by atoms with van der Waals surface area (Å²) in [6.45, 7) is 5.18. The van der Waals surface area contributed by atoms with Gasteiger partial charge >= 0.3 is 0 Å². The Hall–Kier alpha value is -1.91. The van der Waals surface area contributed by atoms with Crippen LogP contribution in [0.15, 0.2) is 18.3 Å². The molecule has 102 valence electrons. The number of aromatic nitrogens is 4. The summed E-state index contributed by atoms with van der Waals surface area (Å²) in [4.78, 5) is 9.18. The molecule has 0 atom stereocenters. The maximum Gasteiger partial charge on any atom is 0.180 e. The van der Waals surface area contributed by atoms with Crippen LogP contribution in [-0.4, -0.2) is 26.8 Å². The summed E-state index contributed by atoms with van der Waals surface area (Å²) in [5.74, 6) is 1.61. The maximum absolute atomic E-state index is 4.64. The molecule has 5 heteroatoms. The molecular formula is C14H21N5. The Morgan fingerprint density at radius 1 is 1.21 bits per heavy atom. The second kappa shape index (κ2) is 6.31. The number of nitrogens with zero attached hydrogens (tertiary/aromatic N) is 4. The van der Waals surface area contributed by atoms with Crippen LogP contribution in [-0.2, 0) is 13.0 Å². The van der Waals surface area contributed by atoms with Crippen molar-refractivity contribution in [1.82, 2.24) is 19.7 Å². The summed E-state index contributed by atoms with van der Waals surface area (Å²) in [5.41, 5.74) is 2.05. The van der Waals surface area contributed by atoms with Crippen molar-refractivity contribution in [3.63, 3.8) is 0 Å². The molecule has 0 aliphatic heterocycles. The van der Waals surface area contributed by atoms with E-state index >= 15 is 0 Å². The first kappa shape index (κ1) is 13.5. The van der Waals surface area contributed by atoms with Gasteiger partial charge in [0.25, 0.3) is 0 Å². The molecule has 0 fully saturated rings. The van der Waals surface area contributed by atoms with Crippen LogP contribution in [0.4, 0.5) is 5.82 Å². The van der Waals surface area contributed by atoms with E-state index in [1.165, 1.54) is 0 Å². The Balaban J connectivity index is 2.42. The van der Waals surface area contributed by atoms with Crippen LogP contribution in [0.1, 0.15) is 32.4 Å². The van der Waals surface area contributed by atoms with E-state index in [2.05, 4.69) is 34.2 Å². The molecule has 0 amide bonds. The van der Waals surface area contributed by atoms with Gasteiger partial charge in [0, 0.05) is 31.5 Å². The Morgan fingerprint density at radius 3 is 2.74 bits per heavy atom. The normalized spacial score (nSPS) is 10.7. The smallest absolute Gasteiger partial charge is 0.180 e. The van der Waals surface area contributed by atoms with Gasteiger partial charge in [-0.15, -0.1) is 0 Å². The van der Waals surface area contributed by atoms with Gasteiger partial charge in [-0.25, -0.2) is 9.97 Å². The minimum atomic E-state index is 0.751. The highest BCUT2D eigenvalue weighted by Crippen LogP contribution is 2.18. The molecule has 0 radical (unpaired) electrons. The van der Waals surface area contributed by atoms with Crippen molar-refractivity contribution >= 4 is 5.82 Å². The molecule has 0 aromatic carbocycles. The standard InChI is InChI=1S/C14H21N5/c1-4-6-11-10-13(15-3)18-14(17-11)12-7-8-16-19(12)9-5-2/h7-8,10H,4-6,9H2,1-3H3,(H,15,17,18). The highest BCUT2D eigenvalue weighted by molar-refractivity contribution is 5.53. The van der Waals surface area contributed by atoms with Crippen molar-refractivity contribution in [1.29, 1.82) is 0 Å². The predicted molar refractivity (Wildman–Crippen MR) is 77.1 cm³/mol. The molecule has 0 saturated carbocycles. The first-order valence-corrected chi connectivity index (χ1v) is 6.86. The lowest BCUT2D eigenvalue weighted by Gasteiger charge is -2.09. The molecule has 0 saturated heterocycles. The number of nitrogens with one attached hydrogen (secondary N) is 1. The van der Waals surface area contributed by atoms with E-state index in [1.807, 2.05) is 23.9 Å². The first-order valence-electron chi connectivity index (χ1n) is 6.86. The quantitative estimate of drug-likeness (QED) is 0.866. The SMILES string of the molecule is CCCc1cc(NC)nc(-c2ccnn2CCC)n1. The lowest BCUT2D eigenvalue weighted by molar-refractivity contribution is 0.606. The number of hydrogen-bond donors (Lipinski definition) is 1. The Bertz CT molecular complexity index is 532. The minimum absolute atomic E-state index is 0.751. The van der Waals surface area contributed by atoms with E-state index < -0.39 is 0 Å². The third-order valence-corrected chi connectivity index (χ3v) is 2.92. The maximum atomic E-state index is 4.64. The van der Waals surface area contributed by atoms with E-state index in [0.717, 1.165) is 48.8 Å². The van der Waals surface area contributed by atoms with Crippen LogP contribution in [0, 0.1) is 0 Å². The van der Waals surface area contributed by atoms with Crippen LogP contribution in [0.5, 0.6) is 0 Å². The summed E-state index contributed by atoms with van der Waals surface area (Å²) in [6, 6.07) is 3.98. The minimum Gasteiger partial charge on any atom is -0.373 e. The van der Waals surface area contributed by atoms with Crippen LogP contribution in [0.25, 0.3) is 11.5 Å². The van der Waals surface area contributed by atoms with Gasteiger partial charge in [0.2, 0.25) is 0 Å². The van der Waals surface area contributed by atoms with Crippen LogP contribution >= 0.6 is 0 Å². The Kier molecular flexibility index (Phi) is 4.49. The highest BCUT2D eigenvalue weighted by Gasteiger charge is 2.10. The zero-order valence-electron chi connectivity index (χ0n) is 11.8. The van der Waals surface area contributed by atoms with E-state index in [9.17, 15) is 0 Å². The average Bonchev–Trinajstić information content (AvgIpc) is 2.87. The number of hydrogen-bond acceptors (Lipinski definition) is 4. The molecule has 1 N–H and O–H groups in total. The molecule has 2 heterocycles. The van der Waals surface area contributed by atoms with Crippen LogP contribution in [0.3, 0.4) is 0 Å². The summed E-state index contributed by atoms with van der Waals surface area (Å²) >= 11 is 0. The third-order valence-electron chi connectivity index (χ3n) is 2.92. The fourth-order valence-corrected chi connectivity index (χ4v) is 2.04. The van der Waals surface area contributed by atoms with Crippen molar-refractivity contribution in [2.45, 2.75) is 39.7 Å². The fraction of sp³-hybridized carbons (Fsp3) is 0.500. The van der Waals surface area contributed by atoms with Gasteiger partial charge < -0.3 is 5.32 Å². The van der Waals surface area contributed by atoms with Crippen molar-refractivity contribution in [2.75, 3.05) is 12.4 Å². The van der Waals surface area contributed by atoms with Gasteiger partial charge in [-0.05, 0) is 18.9 Å². The Morgan fingerprint density at radius 2 is 2.05 bits per heavy atom. The van der Waals surface area contributed by atoms with Crippen molar-refractivity contribution in [3.8, 4) is 11.5 Å². The van der Waals surface area contributed by atoms with Crippen molar-refractivity contribution < 1.29 is 0 Å². The van der Waals surface area contributed by atoms with E-state index in [-0.39, 0.29) is 0 Å². The Labute approximate surface area is 114 Å². The van der Waals surface area contributed by atoms with E-state index in [0.29, 0.717) is 0 Å². The molecular weight excluding hydrogens is 238 g/mol. The lowest BCUT2D eigenvalue weighted by atomic mass is 10.2. The second-order valence-corrected chi connectivity index (χ2v) is 4.51. The molecule has 2 aromatic rings. The van der Waals surface area contributed by atoms with E-state index in [4.69, 9.17) is 0 Å². The summed E-state index contributed by atoms with van der Waals surface area (Å²) in [5, 5.41) is 7.43. The largest absolute Gasteiger partial charge is 0.373 e. The van der Waals surface area contributed by atoms with Crippen molar-refractivity contribution in [3.05, 3.63) is 24.0 Å².